The topological polar surface area (TPSA) is 21.6 Å². The van der Waals surface area contributed by atoms with Crippen molar-refractivity contribution in [1.29, 1.82) is 0 Å². The van der Waals surface area contributed by atoms with Crippen molar-refractivity contribution in [2.45, 2.75) is 6.92 Å². The maximum atomic E-state index is 12.7. The Morgan fingerprint density at radius 2 is 1.83 bits per heavy atom. The summed E-state index contributed by atoms with van der Waals surface area (Å²) in [6, 6.07) is 13.7. The van der Waals surface area contributed by atoms with Crippen molar-refractivity contribution in [3.63, 3.8) is 0 Å². The monoisotopic (exact) mass is 243 g/mol. The minimum absolute atomic E-state index is 0.260. The molecule has 0 saturated heterocycles. The lowest BCUT2D eigenvalue weighted by molar-refractivity contribution is 0.340. The zero-order valence-corrected chi connectivity index (χ0v) is 10.1. The van der Waals surface area contributed by atoms with E-state index in [0.29, 0.717) is 12.3 Å². The van der Waals surface area contributed by atoms with Crippen LogP contribution < -0.4 is 4.74 Å². The Morgan fingerprint density at radius 3 is 2.56 bits per heavy atom. The van der Waals surface area contributed by atoms with Crippen LogP contribution in [0.5, 0.6) is 5.75 Å². The molecule has 0 radical (unpaired) electrons. The number of aliphatic imine (C=N–C) groups is 1. The highest BCUT2D eigenvalue weighted by Gasteiger charge is 1.98. The summed E-state index contributed by atoms with van der Waals surface area (Å²) in [6.45, 7) is 2.55. The Bertz CT molecular complexity index is 534. The van der Waals surface area contributed by atoms with E-state index in [2.05, 4.69) is 4.99 Å². The molecule has 0 aliphatic carbocycles. The zero-order valence-electron chi connectivity index (χ0n) is 10.1. The highest BCUT2D eigenvalue weighted by molar-refractivity contribution is 5.85. The second kappa shape index (κ2) is 5.96. The van der Waals surface area contributed by atoms with Gasteiger partial charge in [0.05, 0.1) is 12.3 Å². The lowest BCUT2D eigenvalue weighted by Crippen LogP contribution is -1.95. The Balaban J connectivity index is 2.20. The highest BCUT2D eigenvalue weighted by Crippen LogP contribution is 2.18. The standard InChI is InChI=1S/C15H14FNO/c1-2-18-15-6-4-3-5-12(15)11-17-14-9-7-13(16)8-10-14/h3-11H,2H2,1H3. The summed E-state index contributed by atoms with van der Waals surface area (Å²) in [5, 5.41) is 0. The maximum Gasteiger partial charge on any atom is 0.128 e. The van der Waals surface area contributed by atoms with Crippen LogP contribution in [0.15, 0.2) is 53.5 Å². The maximum absolute atomic E-state index is 12.7. The second-order valence-electron chi connectivity index (χ2n) is 3.71. The number of benzene rings is 2. The van der Waals surface area contributed by atoms with E-state index in [-0.39, 0.29) is 5.82 Å². The second-order valence-corrected chi connectivity index (χ2v) is 3.71. The molecule has 2 aromatic carbocycles. The van der Waals surface area contributed by atoms with Crippen LogP contribution in [0.2, 0.25) is 0 Å². The van der Waals surface area contributed by atoms with Gasteiger partial charge < -0.3 is 4.74 Å². The first-order valence-electron chi connectivity index (χ1n) is 5.81. The first kappa shape index (κ1) is 12.3. The van der Waals surface area contributed by atoms with Crippen LogP contribution in [0.25, 0.3) is 0 Å². The van der Waals surface area contributed by atoms with Crippen molar-refractivity contribution in [2.24, 2.45) is 4.99 Å². The molecule has 2 nitrogen and oxygen atoms in total. The molecule has 0 unspecified atom stereocenters. The Kier molecular flexibility index (Phi) is 4.07. The summed E-state index contributed by atoms with van der Waals surface area (Å²) in [5.74, 6) is 0.537. The largest absolute Gasteiger partial charge is 0.493 e. The molecular formula is C15H14FNO. The van der Waals surface area contributed by atoms with Crippen LogP contribution in [0.3, 0.4) is 0 Å². The van der Waals surface area contributed by atoms with Gasteiger partial charge >= 0.3 is 0 Å². The predicted octanol–water partition coefficient (Wildman–Crippen LogP) is 3.98. The van der Waals surface area contributed by atoms with Gasteiger partial charge in [-0.2, -0.15) is 0 Å². The van der Waals surface area contributed by atoms with Crippen LogP contribution in [0.1, 0.15) is 12.5 Å². The number of hydrogen-bond acceptors (Lipinski definition) is 2. The molecule has 0 heterocycles. The fraction of sp³-hybridized carbons (Fsp3) is 0.133. The first-order valence-corrected chi connectivity index (χ1v) is 5.81. The minimum atomic E-state index is -0.260. The molecule has 2 aromatic rings. The number of ether oxygens (including phenoxy) is 1. The molecule has 3 heteroatoms. The van der Waals surface area contributed by atoms with Crippen LogP contribution in [0, 0.1) is 5.82 Å². The van der Waals surface area contributed by atoms with Gasteiger partial charge in [0.15, 0.2) is 0 Å². The van der Waals surface area contributed by atoms with E-state index in [9.17, 15) is 4.39 Å². The molecule has 0 fully saturated rings. The van der Waals surface area contributed by atoms with Crippen LogP contribution in [0.4, 0.5) is 10.1 Å². The van der Waals surface area contributed by atoms with E-state index in [1.807, 2.05) is 31.2 Å². The van der Waals surface area contributed by atoms with E-state index in [1.54, 1.807) is 18.3 Å². The Hall–Kier alpha value is -2.16. The average Bonchev–Trinajstić information content (AvgIpc) is 2.40. The lowest BCUT2D eigenvalue weighted by atomic mass is 10.2. The third-order valence-corrected chi connectivity index (χ3v) is 2.40. The number of para-hydroxylation sites is 1. The van der Waals surface area contributed by atoms with Crippen LogP contribution in [-0.2, 0) is 0 Å². The zero-order chi connectivity index (χ0) is 12.8. The molecule has 0 saturated carbocycles. The molecule has 0 N–H and O–H groups in total. The smallest absolute Gasteiger partial charge is 0.128 e. The molecular weight excluding hydrogens is 229 g/mol. The first-order chi connectivity index (χ1) is 8.79. The molecule has 0 aromatic heterocycles. The molecule has 18 heavy (non-hydrogen) atoms. The van der Waals surface area contributed by atoms with Crippen molar-refractivity contribution in [3.05, 3.63) is 59.9 Å². The minimum Gasteiger partial charge on any atom is -0.493 e. The summed E-state index contributed by atoms with van der Waals surface area (Å²) in [7, 11) is 0. The van der Waals surface area contributed by atoms with E-state index >= 15 is 0 Å². The van der Waals surface area contributed by atoms with E-state index < -0.39 is 0 Å². The van der Waals surface area contributed by atoms with Crippen molar-refractivity contribution < 1.29 is 9.13 Å². The quantitative estimate of drug-likeness (QED) is 0.744. The summed E-state index contributed by atoms with van der Waals surface area (Å²) in [4.78, 5) is 4.29. The van der Waals surface area contributed by atoms with Crippen molar-refractivity contribution in [1.82, 2.24) is 0 Å². The van der Waals surface area contributed by atoms with Gasteiger partial charge in [0.1, 0.15) is 11.6 Å². The van der Waals surface area contributed by atoms with Crippen molar-refractivity contribution in [2.75, 3.05) is 6.61 Å². The third kappa shape index (κ3) is 3.17. The van der Waals surface area contributed by atoms with Crippen LogP contribution >= 0.6 is 0 Å². The fourth-order valence-electron chi connectivity index (χ4n) is 1.55. The summed E-state index contributed by atoms with van der Waals surface area (Å²) in [5.41, 5.74) is 1.62. The van der Waals surface area contributed by atoms with Crippen molar-refractivity contribution in [3.8, 4) is 5.75 Å². The molecule has 0 bridgehead atoms. The van der Waals surface area contributed by atoms with Gasteiger partial charge in [-0.25, -0.2) is 4.39 Å². The van der Waals surface area contributed by atoms with E-state index in [4.69, 9.17) is 4.74 Å². The number of rotatable bonds is 4. The normalized spacial score (nSPS) is 10.8. The van der Waals surface area contributed by atoms with E-state index in [0.717, 1.165) is 11.3 Å². The SMILES string of the molecule is CCOc1ccccc1C=Nc1ccc(F)cc1. The summed E-state index contributed by atoms with van der Waals surface area (Å²) in [6.07, 6.45) is 1.72. The third-order valence-electron chi connectivity index (χ3n) is 2.40. The molecule has 2 rings (SSSR count). The summed E-state index contributed by atoms with van der Waals surface area (Å²) < 4.78 is 18.2. The van der Waals surface area contributed by atoms with Crippen LogP contribution in [-0.4, -0.2) is 12.8 Å². The molecule has 0 aliphatic heterocycles. The molecule has 0 aliphatic rings. The summed E-state index contributed by atoms with van der Waals surface area (Å²) >= 11 is 0. The Morgan fingerprint density at radius 1 is 1.11 bits per heavy atom. The highest BCUT2D eigenvalue weighted by atomic mass is 19.1. The molecule has 92 valence electrons. The van der Waals surface area contributed by atoms with E-state index in [1.165, 1.54) is 12.1 Å². The Labute approximate surface area is 106 Å². The van der Waals surface area contributed by atoms with Gasteiger partial charge in [-0.15, -0.1) is 0 Å². The van der Waals surface area contributed by atoms with Gasteiger partial charge in [0, 0.05) is 11.8 Å². The van der Waals surface area contributed by atoms with Gasteiger partial charge in [0.25, 0.3) is 0 Å². The number of hydrogen-bond donors (Lipinski definition) is 0. The fourth-order valence-corrected chi connectivity index (χ4v) is 1.55. The number of halogens is 1. The predicted molar refractivity (Wildman–Crippen MR) is 71.3 cm³/mol. The molecule has 0 spiro atoms. The molecule has 0 atom stereocenters. The van der Waals surface area contributed by atoms with Gasteiger partial charge in [0.2, 0.25) is 0 Å². The van der Waals surface area contributed by atoms with Gasteiger partial charge in [-0.1, -0.05) is 12.1 Å². The molecule has 0 amide bonds. The van der Waals surface area contributed by atoms with Crippen molar-refractivity contribution >= 4 is 11.9 Å². The number of nitrogens with zero attached hydrogens (tertiary/aromatic N) is 1. The average molecular weight is 243 g/mol. The van der Waals surface area contributed by atoms with Gasteiger partial charge in [-0.3, -0.25) is 4.99 Å². The van der Waals surface area contributed by atoms with Gasteiger partial charge in [-0.05, 0) is 43.3 Å². The lowest BCUT2D eigenvalue weighted by Gasteiger charge is -2.05.